The Morgan fingerprint density at radius 3 is 2.67 bits per heavy atom. The van der Waals surface area contributed by atoms with Crippen molar-refractivity contribution in [3.63, 3.8) is 0 Å². The van der Waals surface area contributed by atoms with Crippen molar-refractivity contribution in [1.82, 2.24) is 14.8 Å². The van der Waals surface area contributed by atoms with E-state index in [2.05, 4.69) is 33.2 Å². The van der Waals surface area contributed by atoms with Crippen molar-refractivity contribution in [2.45, 2.75) is 25.1 Å². The van der Waals surface area contributed by atoms with Gasteiger partial charge in [0.2, 0.25) is 5.72 Å². The van der Waals surface area contributed by atoms with Crippen molar-refractivity contribution < 1.29 is 14.3 Å². The Morgan fingerprint density at radius 2 is 1.91 bits per heavy atom. The maximum atomic E-state index is 6.38. The van der Waals surface area contributed by atoms with Crippen LogP contribution in [0, 0.1) is 5.92 Å². The average Bonchev–Trinajstić information content (AvgIpc) is 3.21. The van der Waals surface area contributed by atoms with Crippen LogP contribution in [0.1, 0.15) is 24.0 Å². The van der Waals surface area contributed by atoms with Crippen molar-refractivity contribution in [3.8, 4) is 11.5 Å². The van der Waals surface area contributed by atoms with Gasteiger partial charge >= 0.3 is 0 Å². The zero-order chi connectivity index (χ0) is 22.4. The first-order valence-corrected chi connectivity index (χ1v) is 11.5. The third-order valence-corrected chi connectivity index (χ3v) is 7.35. The number of nitrogens with zero attached hydrogens (tertiary/aromatic N) is 4. The second-order valence-corrected chi connectivity index (χ2v) is 9.08. The molecule has 1 aromatic heterocycles. The molecule has 5 heterocycles. The molecule has 3 aromatic rings. The predicted octanol–water partition coefficient (Wildman–Crippen LogP) is 3.87. The highest BCUT2D eigenvalue weighted by Crippen LogP contribution is 2.45. The molecule has 33 heavy (non-hydrogen) atoms. The Morgan fingerprint density at radius 1 is 1.06 bits per heavy atom. The summed E-state index contributed by atoms with van der Waals surface area (Å²) >= 11 is 0. The maximum absolute atomic E-state index is 6.38. The van der Waals surface area contributed by atoms with E-state index in [0.29, 0.717) is 12.5 Å². The minimum Gasteiger partial charge on any atom is -0.497 e. The van der Waals surface area contributed by atoms with E-state index in [1.165, 1.54) is 0 Å². The number of hydrogen-bond acceptors (Lipinski definition) is 7. The number of piperidine rings is 3. The van der Waals surface area contributed by atoms with Gasteiger partial charge in [-0.25, -0.2) is 0 Å². The first-order valence-electron chi connectivity index (χ1n) is 11.5. The molecule has 170 valence electrons. The van der Waals surface area contributed by atoms with E-state index in [-0.39, 0.29) is 0 Å². The van der Waals surface area contributed by atoms with Gasteiger partial charge in [-0.05, 0) is 50.2 Å². The second-order valence-electron chi connectivity index (χ2n) is 9.08. The minimum atomic E-state index is -0.470. The highest BCUT2D eigenvalue weighted by molar-refractivity contribution is 6.01. The van der Waals surface area contributed by atoms with Crippen LogP contribution in [-0.4, -0.2) is 60.2 Å². The molecule has 0 N–H and O–H groups in total. The van der Waals surface area contributed by atoms with Crippen molar-refractivity contribution in [1.29, 1.82) is 0 Å². The zero-order valence-corrected chi connectivity index (χ0v) is 19.0. The zero-order valence-electron chi connectivity index (χ0n) is 19.0. The molecule has 2 bridgehead atoms. The molecule has 1 spiro atoms. The summed E-state index contributed by atoms with van der Waals surface area (Å²) in [4.78, 5) is 15.9. The number of aromatic nitrogens is 1. The van der Waals surface area contributed by atoms with E-state index in [1.54, 1.807) is 14.2 Å². The molecule has 4 aliphatic rings. The van der Waals surface area contributed by atoms with Crippen LogP contribution in [0.5, 0.6) is 11.5 Å². The van der Waals surface area contributed by atoms with Crippen LogP contribution in [0.4, 0.5) is 0 Å². The average molecular weight is 445 g/mol. The highest BCUT2D eigenvalue weighted by atomic mass is 16.7. The molecule has 7 nitrogen and oxygen atoms in total. The summed E-state index contributed by atoms with van der Waals surface area (Å²) in [5.41, 5.74) is 2.54. The van der Waals surface area contributed by atoms with Gasteiger partial charge in [0.05, 0.1) is 32.8 Å². The van der Waals surface area contributed by atoms with Crippen molar-refractivity contribution in [2.75, 3.05) is 33.9 Å². The van der Waals surface area contributed by atoms with Gasteiger partial charge in [-0.2, -0.15) is 0 Å². The summed E-state index contributed by atoms with van der Waals surface area (Å²) in [5.74, 6) is 2.84. The molecule has 0 saturated carbocycles. The fourth-order valence-electron chi connectivity index (χ4n) is 5.56. The summed E-state index contributed by atoms with van der Waals surface area (Å²) < 4.78 is 11.1. The largest absolute Gasteiger partial charge is 0.497 e. The van der Waals surface area contributed by atoms with E-state index in [9.17, 15) is 0 Å². The summed E-state index contributed by atoms with van der Waals surface area (Å²) in [6.07, 6.45) is 4.15. The van der Waals surface area contributed by atoms with Crippen molar-refractivity contribution >= 4 is 16.7 Å². The van der Waals surface area contributed by atoms with Crippen LogP contribution in [0.2, 0.25) is 0 Å². The number of oxime groups is 1. The lowest BCUT2D eigenvalue weighted by molar-refractivity contribution is -0.198. The third-order valence-electron chi connectivity index (χ3n) is 7.35. The number of amidine groups is 1. The molecule has 1 unspecified atom stereocenters. The van der Waals surface area contributed by atoms with Gasteiger partial charge in [0.1, 0.15) is 11.5 Å². The molecule has 0 radical (unpaired) electrons. The molecule has 3 fully saturated rings. The van der Waals surface area contributed by atoms with Crippen LogP contribution in [0.25, 0.3) is 10.9 Å². The Balaban J connectivity index is 1.42. The Hall–Kier alpha value is -3.32. The molecular weight excluding hydrogens is 416 g/mol. The van der Waals surface area contributed by atoms with Gasteiger partial charge in [0.15, 0.2) is 5.84 Å². The van der Waals surface area contributed by atoms with E-state index in [4.69, 9.17) is 19.3 Å². The number of pyridine rings is 1. The van der Waals surface area contributed by atoms with Gasteiger partial charge < -0.3 is 19.2 Å². The summed E-state index contributed by atoms with van der Waals surface area (Å²) in [6.45, 7) is 3.73. The minimum absolute atomic E-state index is 0.432. The molecule has 7 heteroatoms. The van der Waals surface area contributed by atoms with E-state index in [1.807, 2.05) is 36.5 Å². The lowest BCUT2D eigenvalue weighted by atomic mass is 9.79. The molecular formula is C26H28N4O3. The van der Waals surface area contributed by atoms with Gasteiger partial charge in [0.25, 0.3) is 0 Å². The standard InChI is InChI=1S/C26H28N4O3/c1-31-22-8-7-19(24(14-22)32-2)16-30-25(20-13-18-5-3-4-6-23(18)27-15-20)28-33-26(30)17-29-11-9-21(26)10-12-29/h3-8,13-15,21H,9-12,16-17H2,1-2H3. The first-order chi connectivity index (χ1) is 16.2. The van der Waals surface area contributed by atoms with Crippen LogP contribution in [0.15, 0.2) is 59.9 Å². The molecule has 4 aliphatic heterocycles. The van der Waals surface area contributed by atoms with Gasteiger partial charge in [-0.1, -0.05) is 23.4 Å². The third kappa shape index (κ3) is 3.30. The predicted molar refractivity (Wildman–Crippen MR) is 126 cm³/mol. The Labute approximate surface area is 193 Å². The van der Waals surface area contributed by atoms with Crippen molar-refractivity contribution in [3.05, 3.63) is 65.9 Å². The fourth-order valence-corrected chi connectivity index (χ4v) is 5.56. The molecule has 3 saturated heterocycles. The quantitative estimate of drug-likeness (QED) is 0.596. The lowest BCUT2D eigenvalue weighted by Crippen LogP contribution is -2.66. The normalized spacial score (nSPS) is 25.9. The first kappa shape index (κ1) is 20.3. The summed E-state index contributed by atoms with van der Waals surface area (Å²) in [6, 6.07) is 16.3. The Kier molecular flexibility index (Phi) is 4.87. The van der Waals surface area contributed by atoms with E-state index < -0.39 is 5.72 Å². The van der Waals surface area contributed by atoms with E-state index >= 15 is 0 Å². The SMILES string of the molecule is COc1ccc(CN2C(c3cnc4ccccc4c3)=NOC23CN2CCC3CC2)c(OC)c1. The number of benzene rings is 2. The fraction of sp³-hybridized carbons (Fsp3) is 0.385. The topological polar surface area (TPSA) is 59.4 Å². The monoisotopic (exact) mass is 444 g/mol. The number of fused-ring (bicyclic) bond motifs is 3. The van der Waals surface area contributed by atoms with Crippen LogP contribution in [-0.2, 0) is 11.4 Å². The highest BCUT2D eigenvalue weighted by Gasteiger charge is 2.57. The Bertz CT molecular complexity index is 1220. The number of hydrogen-bond donors (Lipinski definition) is 0. The smallest absolute Gasteiger partial charge is 0.227 e. The van der Waals surface area contributed by atoms with Crippen molar-refractivity contribution in [2.24, 2.45) is 11.1 Å². The maximum Gasteiger partial charge on any atom is 0.227 e. The summed E-state index contributed by atoms with van der Waals surface area (Å²) in [5, 5.41) is 5.78. The number of ether oxygens (including phenoxy) is 2. The molecule has 2 aromatic carbocycles. The second kappa shape index (κ2) is 7.92. The number of para-hydroxylation sites is 1. The molecule has 0 aliphatic carbocycles. The van der Waals surface area contributed by atoms with Crippen LogP contribution >= 0.6 is 0 Å². The van der Waals surface area contributed by atoms with Crippen LogP contribution < -0.4 is 9.47 Å². The van der Waals surface area contributed by atoms with E-state index in [0.717, 1.165) is 71.8 Å². The summed E-state index contributed by atoms with van der Waals surface area (Å²) in [7, 11) is 3.37. The van der Waals surface area contributed by atoms with Crippen LogP contribution in [0.3, 0.4) is 0 Å². The van der Waals surface area contributed by atoms with Gasteiger partial charge in [0, 0.05) is 34.7 Å². The number of rotatable bonds is 5. The molecule has 7 rings (SSSR count). The van der Waals surface area contributed by atoms with Gasteiger partial charge in [-0.15, -0.1) is 0 Å². The van der Waals surface area contributed by atoms with Gasteiger partial charge in [-0.3, -0.25) is 9.88 Å². The number of methoxy groups -OCH3 is 2. The molecule has 1 atom stereocenters. The lowest BCUT2D eigenvalue weighted by Gasteiger charge is -2.53. The molecule has 0 amide bonds.